The van der Waals surface area contributed by atoms with E-state index in [1.54, 1.807) is 19.2 Å². The number of morpholine rings is 1. The summed E-state index contributed by atoms with van der Waals surface area (Å²) in [6.07, 6.45) is 3.71. The maximum Gasteiger partial charge on any atom is 0.258 e. The molecule has 0 spiro atoms. The number of hydrogen-bond donors (Lipinski definition) is 2. The van der Waals surface area contributed by atoms with Gasteiger partial charge in [-0.25, -0.2) is 14.4 Å². The number of carbonyl (C=O) groups is 1. The van der Waals surface area contributed by atoms with Crippen LogP contribution in [0.25, 0.3) is 11.3 Å². The third-order valence-electron chi connectivity index (χ3n) is 5.65. The van der Waals surface area contributed by atoms with Gasteiger partial charge >= 0.3 is 0 Å². The van der Waals surface area contributed by atoms with Crippen molar-refractivity contribution in [1.82, 2.24) is 25.2 Å². The zero-order valence-corrected chi connectivity index (χ0v) is 21.0. The molecule has 0 aliphatic carbocycles. The first-order chi connectivity index (χ1) is 17.3. The van der Waals surface area contributed by atoms with Crippen molar-refractivity contribution in [2.24, 2.45) is 0 Å². The zero-order chi connectivity index (χ0) is 25.7. The van der Waals surface area contributed by atoms with E-state index in [4.69, 9.17) is 38.4 Å². The van der Waals surface area contributed by atoms with E-state index in [1.807, 2.05) is 0 Å². The highest BCUT2D eigenvalue weighted by Crippen LogP contribution is 2.35. The highest BCUT2D eigenvalue weighted by molar-refractivity contribution is 6.36. The Morgan fingerprint density at radius 2 is 2.06 bits per heavy atom. The van der Waals surface area contributed by atoms with Crippen LogP contribution in [-0.4, -0.2) is 65.2 Å². The minimum absolute atomic E-state index is 0.0109. The lowest BCUT2D eigenvalue weighted by Gasteiger charge is -2.26. The first kappa shape index (κ1) is 26.0. The molecule has 0 saturated carbocycles. The maximum atomic E-state index is 14.0. The first-order valence-electron chi connectivity index (χ1n) is 11.3. The van der Waals surface area contributed by atoms with Crippen LogP contribution < -0.4 is 15.8 Å². The van der Waals surface area contributed by atoms with Gasteiger partial charge in [-0.3, -0.25) is 14.7 Å². The van der Waals surface area contributed by atoms with E-state index in [9.17, 15) is 9.18 Å². The molecule has 9 nitrogen and oxygen atoms in total. The molecular weight excluding hydrogens is 510 g/mol. The number of aromatic nitrogens is 3. The number of ether oxygens (including phenoxy) is 2. The summed E-state index contributed by atoms with van der Waals surface area (Å²) in [6, 6.07) is 4.23. The normalized spacial score (nSPS) is 14.9. The Kier molecular flexibility index (Phi) is 8.52. The summed E-state index contributed by atoms with van der Waals surface area (Å²) in [4.78, 5) is 27.6. The predicted octanol–water partition coefficient (Wildman–Crippen LogP) is 3.77. The van der Waals surface area contributed by atoms with E-state index < -0.39 is 11.9 Å². The highest BCUT2D eigenvalue weighted by Gasteiger charge is 2.21. The lowest BCUT2D eigenvalue weighted by molar-refractivity contribution is 0.0383. The second kappa shape index (κ2) is 11.8. The summed E-state index contributed by atoms with van der Waals surface area (Å²) in [6.45, 7) is 6.00. The molecule has 1 amide bonds. The van der Waals surface area contributed by atoms with Crippen LogP contribution in [0.3, 0.4) is 0 Å². The molecule has 1 aromatic carbocycles. The molecule has 3 N–H and O–H groups in total. The van der Waals surface area contributed by atoms with Crippen molar-refractivity contribution in [2.75, 3.05) is 45.1 Å². The molecular formula is C24H25Cl2FN6O3. The molecule has 1 atom stereocenters. The molecule has 2 aromatic heterocycles. The fourth-order valence-electron chi connectivity index (χ4n) is 3.71. The van der Waals surface area contributed by atoms with E-state index in [0.717, 1.165) is 19.6 Å². The van der Waals surface area contributed by atoms with Crippen molar-refractivity contribution in [3.8, 4) is 17.1 Å². The average Bonchev–Trinajstić information content (AvgIpc) is 2.88. The van der Waals surface area contributed by atoms with Crippen molar-refractivity contribution >= 4 is 34.9 Å². The Bertz CT molecular complexity index is 1240. The van der Waals surface area contributed by atoms with Crippen molar-refractivity contribution in [3.63, 3.8) is 0 Å². The van der Waals surface area contributed by atoms with Gasteiger partial charge in [0.15, 0.2) is 5.82 Å². The third kappa shape index (κ3) is 6.19. The number of carbonyl (C=O) groups excluding carboxylic acids is 1. The number of amides is 1. The van der Waals surface area contributed by atoms with Gasteiger partial charge in [0.2, 0.25) is 0 Å². The van der Waals surface area contributed by atoms with Gasteiger partial charge in [0, 0.05) is 54.7 Å². The highest BCUT2D eigenvalue weighted by atomic mass is 35.5. The average molecular weight is 535 g/mol. The van der Waals surface area contributed by atoms with Crippen LogP contribution >= 0.6 is 23.2 Å². The van der Waals surface area contributed by atoms with E-state index in [-0.39, 0.29) is 33.2 Å². The lowest BCUT2D eigenvalue weighted by Crippen LogP contribution is -2.41. The van der Waals surface area contributed by atoms with Crippen molar-refractivity contribution in [1.29, 1.82) is 0 Å². The zero-order valence-electron chi connectivity index (χ0n) is 19.5. The minimum Gasteiger partial charge on any atom is -0.467 e. The monoisotopic (exact) mass is 534 g/mol. The minimum atomic E-state index is -0.769. The van der Waals surface area contributed by atoms with Crippen molar-refractivity contribution in [3.05, 3.63) is 63.8 Å². The van der Waals surface area contributed by atoms with Gasteiger partial charge in [0.25, 0.3) is 11.8 Å². The standard InChI is InChI=1S/C24H25Cl2FN6O3/c1-14(20-17(25)2-3-18(27)21(20)26)36-24-22(28)31-13-19(32-24)15-10-16(12-29-11-15)23(34)30-4-5-33-6-8-35-9-7-33/h2-3,10-14H,4-9H2,1H3,(H2,28,31)(H,30,34). The number of benzene rings is 1. The SMILES string of the molecule is CC(Oc1nc(-c2cncc(C(=O)NCCN3CCOCC3)c2)cnc1N)c1c(Cl)ccc(F)c1Cl. The van der Waals surface area contributed by atoms with E-state index in [0.29, 0.717) is 36.6 Å². The Morgan fingerprint density at radius 3 is 2.83 bits per heavy atom. The number of nitrogen functional groups attached to an aromatic ring is 1. The summed E-state index contributed by atoms with van der Waals surface area (Å²) < 4.78 is 25.1. The van der Waals surface area contributed by atoms with Gasteiger partial charge in [0.05, 0.1) is 35.7 Å². The van der Waals surface area contributed by atoms with Crippen LogP contribution in [-0.2, 0) is 4.74 Å². The van der Waals surface area contributed by atoms with E-state index in [1.165, 1.54) is 24.5 Å². The van der Waals surface area contributed by atoms with Crippen LogP contribution in [0.4, 0.5) is 10.2 Å². The van der Waals surface area contributed by atoms with Gasteiger partial charge in [-0.05, 0) is 25.1 Å². The topological polar surface area (TPSA) is 115 Å². The lowest BCUT2D eigenvalue weighted by atomic mass is 10.1. The molecule has 190 valence electrons. The summed E-state index contributed by atoms with van der Waals surface area (Å²) in [5, 5.41) is 3.01. The summed E-state index contributed by atoms with van der Waals surface area (Å²) in [5.41, 5.74) is 7.54. The van der Waals surface area contributed by atoms with Crippen LogP contribution in [0.15, 0.2) is 36.8 Å². The molecule has 1 fully saturated rings. The van der Waals surface area contributed by atoms with Crippen molar-refractivity contribution < 1.29 is 18.7 Å². The number of halogens is 3. The van der Waals surface area contributed by atoms with Gasteiger partial charge in [-0.2, -0.15) is 0 Å². The number of nitrogens with one attached hydrogen (secondary N) is 1. The molecule has 3 heterocycles. The fourth-order valence-corrected chi connectivity index (χ4v) is 4.39. The Labute approximate surface area is 217 Å². The Hall–Kier alpha value is -3.05. The van der Waals surface area contributed by atoms with Crippen LogP contribution in [0.5, 0.6) is 5.88 Å². The smallest absolute Gasteiger partial charge is 0.258 e. The quantitative estimate of drug-likeness (QED) is 0.419. The van der Waals surface area contributed by atoms with Gasteiger partial charge in [-0.1, -0.05) is 23.2 Å². The van der Waals surface area contributed by atoms with Crippen LogP contribution in [0.2, 0.25) is 10.0 Å². The van der Waals surface area contributed by atoms with Crippen LogP contribution in [0.1, 0.15) is 28.9 Å². The first-order valence-corrected chi connectivity index (χ1v) is 12.1. The van der Waals surface area contributed by atoms with Crippen molar-refractivity contribution in [2.45, 2.75) is 13.0 Å². The molecule has 1 saturated heterocycles. The molecule has 1 aliphatic heterocycles. The van der Waals surface area contributed by atoms with E-state index >= 15 is 0 Å². The molecule has 0 bridgehead atoms. The van der Waals surface area contributed by atoms with Gasteiger partial charge < -0.3 is 20.5 Å². The van der Waals surface area contributed by atoms with Gasteiger partial charge in [-0.15, -0.1) is 0 Å². The number of hydrogen-bond acceptors (Lipinski definition) is 8. The fraction of sp³-hybridized carbons (Fsp3) is 0.333. The summed E-state index contributed by atoms with van der Waals surface area (Å²) in [5.74, 6) is -0.831. The molecule has 1 unspecified atom stereocenters. The molecule has 0 radical (unpaired) electrons. The number of pyridine rings is 1. The predicted molar refractivity (Wildman–Crippen MR) is 135 cm³/mol. The summed E-state index contributed by atoms with van der Waals surface area (Å²) in [7, 11) is 0. The molecule has 3 aromatic rings. The Balaban J connectivity index is 1.47. The number of nitrogens with zero attached hydrogens (tertiary/aromatic N) is 4. The molecule has 1 aliphatic rings. The maximum absolute atomic E-state index is 14.0. The Morgan fingerprint density at radius 1 is 1.28 bits per heavy atom. The number of rotatable bonds is 8. The number of anilines is 1. The largest absolute Gasteiger partial charge is 0.467 e. The second-order valence-corrected chi connectivity index (χ2v) is 8.92. The van der Waals surface area contributed by atoms with Crippen LogP contribution in [0, 0.1) is 5.82 Å². The molecule has 4 rings (SSSR count). The second-order valence-electron chi connectivity index (χ2n) is 8.13. The van der Waals surface area contributed by atoms with E-state index in [2.05, 4.69) is 25.2 Å². The molecule has 36 heavy (non-hydrogen) atoms. The summed E-state index contributed by atoms with van der Waals surface area (Å²) >= 11 is 12.3. The third-order valence-corrected chi connectivity index (χ3v) is 6.37. The molecule has 12 heteroatoms. The number of nitrogens with two attached hydrogens (primary N) is 1. The van der Waals surface area contributed by atoms with Gasteiger partial charge in [0.1, 0.15) is 11.9 Å².